The van der Waals surface area contributed by atoms with Crippen molar-refractivity contribution in [1.82, 2.24) is 0 Å². The predicted molar refractivity (Wildman–Crippen MR) is 158 cm³/mol. The Morgan fingerprint density at radius 1 is 0.900 bits per heavy atom. The highest BCUT2D eigenvalue weighted by Crippen LogP contribution is 2.42. The Balaban J connectivity index is 1.22. The van der Waals surface area contributed by atoms with Gasteiger partial charge in [0, 0.05) is 39.2 Å². The van der Waals surface area contributed by atoms with Gasteiger partial charge in [-0.3, -0.25) is 9.59 Å². The Morgan fingerprint density at radius 3 is 2.42 bits per heavy atom. The van der Waals surface area contributed by atoms with Crippen molar-refractivity contribution < 1.29 is 24.2 Å². The molecule has 1 N–H and O–H groups in total. The smallest absolute Gasteiger partial charge is 0.311 e. The molecule has 0 bridgehead atoms. The fourth-order valence-electron chi connectivity index (χ4n) is 4.84. The van der Waals surface area contributed by atoms with E-state index in [9.17, 15) is 14.7 Å². The number of carbonyl (C=O) groups excluding carboxylic acids is 1. The van der Waals surface area contributed by atoms with Crippen molar-refractivity contribution in [3.05, 3.63) is 111 Å². The van der Waals surface area contributed by atoms with Crippen LogP contribution in [0.2, 0.25) is 15.1 Å². The van der Waals surface area contributed by atoms with Crippen LogP contribution in [0.4, 0.5) is 0 Å². The highest BCUT2D eigenvalue weighted by atomic mass is 35.5. The summed E-state index contributed by atoms with van der Waals surface area (Å²) in [6, 6.07) is 23.4. The lowest BCUT2D eigenvalue weighted by atomic mass is 9.93. The number of halogens is 3. The SMILES string of the molecule is O=C(CCCc1ccc(Cl)cc1-c1ccccc1Cl)c1ccc(Oc2cc3c(cc2Cl)C(C(=O)O)CCO3)cc1. The molecule has 8 heteroatoms. The van der Waals surface area contributed by atoms with E-state index in [1.165, 1.54) is 0 Å². The number of aliphatic carboxylic acids is 1. The van der Waals surface area contributed by atoms with E-state index in [0.29, 0.717) is 70.7 Å². The molecule has 204 valence electrons. The molecule has 0 aromatic heterocycles. The molecule has 1 aliphatic rings. The van der Waals surface area contributed by atoms with Crippen LogP contribution < -0.4 is 9.47 Å². The second-order valence-electron chi connectivity index (χ2n) is 9.53. The minimum Gasteiger partial charge on any atom is -0.493 e. The van der Waals surface area contributed by atoms with E-state index >= 15 is 0 Å². The molecule has 0 fully saturated rings. The van der Waals surface area contributed by atoms with E-state index in [1.807, 2.05) is 42.5 Å². The summed E-state index contributed by atoms with van der Waals surface area (Å²) in [6.45, 7) is 0.307. The van der Waals surface area contributed by atoms with E-state index < -0.39 is 11.9 Å². The Hall–Kier alpha value is -3.51. The maximum atomic E-state index is 12.9. The van der Waals surface area contributed by atoms with Crippen LogP contribution in [0.25, 0.3) is 11.1 Å². The number of aryl methyl sites for hydroxylation is 1. The van der Waals surface area contributed by atoms with Gasteiger partial charge < -0.3 is 14.6 Å². The number of carboxylic acid groups (broad SMARTS) is 1. The van der Waals surface area contributed by atoms with Crippen LogP contribution in [0.15, 0.2) is 78.9 Å². The zero-order valence-corrected chi connectivity index (χ0v) is 23.6. The van der Waals surface area contributed by atoms with Gasteiger partial charge in [0.15, 0.2) is 5.78 Å². The van der Waals surface area contributed by atoms with Crippen molar-refractivity contribution in [2.45, 2.75) is 31.6 Å². The molecule has 1 heterocycles. The van der Waals surface area contributed by atoms with E-state index in [1.54, 1.807) is 36.4 Å². The van der Waals surface area contributed by atoms with Crippen LogP contribution in [0, 0.1) is 0 Å². The van der Waals surface area contributed by atoms with Crippen LogP contribution in [0.3, 0.4) is 0 Å². The number of Topliss-reactive ketones (excluding diaryl/α,β-unsaturated/α-hetero) is 1. The molecule has 40 heavy (non-hydrogen) atoms. The third-order valence-corrected chi connectivity index (χ3v) is 7.75. The highest BCUT2D eigenvalue weighted by molar-refractivity contribution is 6.34. The molecule has 1 unspecified atom stereocenters. The Bertz CT molecular complexity index is 1570. The van der Waals surface area contributed by atoms with Gasteiger partial charge in [0.25, 0.3) is 0 Å². The molecule has 0 amide bonds. The van der Waals surface area contributed by atoms with Gasteiger partial charge in [-0.05, 0) is 78.9 Å². The minimum absolute atomic E-state index is 0.0275. The molecular formula is C32H25Cl3O5. The highest BCUT2D eigenvalue weighted by Gasteiger charge is 2.29. The summed E-state index contributed by atoms with van der Waals surface area (Å²) in [5.41, 5.74) is 4.08. The van der Waals surface area contributed by atoms with Gasteiger partial charge >= 0.3 is 5.97 Å². The lowest BCUT2D eigenvalue weighted by Crippen LogP contribution is -2.20. The largest absolute Gasteiger partial charge is 0.493 e. The minimum atomic E-state index is -0.913. The number of carboxylic acids is 1. The van der Waals surface area contributed by atoms with Gasteiger partial charge in [-0.2, -0.15) is 0 Å². The fraction of sp³-hybridized carbons (Fsp3) is 0.188. The monoisotopic (exact) mass is 594 g/mol. The Labute approximate surface area is 247 Å². The summed E-state index contributed by atoms with van der Waals surface area (Å²) in [4.78, 5) is 24.5. The summed E-state index contributed by atoms with van der Waals surface area (Å²) in [5, 5.41) is 11.0. The van der Waals surface area contributed by atoms with Gasteiger partial charge in [-0.1, -0.05) is 59.1 Å². The van der Waals surface area contributed by atoms with Gasteiger partial charge in [0.1, 0.15) is 17.2 Å². The van der Waals surface area contributed by atoms with Crippen LogP contribution >= 0.6 is 34.8 Å². The standard InChI is InChI=1S/C32H25Cl3O5/c33-21-11-8-19(25(16-21)23-5-1-2-6-27(23)34)4-3-7-29(36)20-9-12-22(13-10-20)40-31-18-30-26(17-28(31)35)24(32(37)38)14-15-39-30/h1-2,5-6,8-13,16-18,24H,3-4,7,14-15H2,(H,37,38). The average molecular weight is 596 g/mol. The zero-order chi connectivity index (χ0) is 28.2. The normalized spacial score (nSPS) is 14.2. The molecule has 1 aliphatic heterocycles. The molecule has 0 spiro atoms. The first kappa shape index (κ1) is 28.0. The van der Waals surface area contributed by atoms with Gasteiger partial charge in [0.2, 0.25) is 0 Å². The lowest BCUT2D eigenvalue weighted by molar-refractivity contribution is -0.139. The van der Waals surface area contributed by atoms with Crippen LogP contribution in [0.1, 0.15) is 46.7 Å². The maximum Gasteiger partial charge on any atom is 0.311 e. The summed E-state index contributed by atoms with van der Waals surface area (Å²) >= 11 is 19.1. The van der Waals surface area contributed by atoms with Crippen LogP contribution in [0.5, 0.6) is 17.2 Å². The molecule has 5 nitrogen and oxygen atoms in total. The second kappa shape index (κ2) is 12.3. The van der Waals surface area contributed by atoms with Crippen LogP contribution in [-0.4, -0.2) is 23.5 Å². The molecule has 0 saturated heterocycles. The van der Waals surface area contributed by atoms with Crippen molar-refractivity contribution in [3.63, 3.8) is 0 Å². The molecule has 4 aromatic carbocycles. The maximum absolute atomic E-state index is 12.9. The number of ether oxygens (including phenoxy) is 2. The first-order valence-electron chi connectivity index (χ1n) is 12.8. The summed E-state index contributed by atoms with van der Waals surface area (Å²) in [6.07, 6.45) is 2.13. The Kier molecular flexibility index (Phi) is 8.65. The van der Waals surface area contributed by atoms with Crippen molar-refractivity contribution in [1.29, 1.82) is 0 Å². The summed E-state index contributed by atoms with van der Waals surface area (Å²) in [5.74, 6) is -0.257. The van der Waals surface area contributed by atoms with Crippen molar-refractivity contribution in [2.75, 3.05) is 6.61 Å². The number of ketones is 1. The van der Waals surface area contributed by atoms with Gasteiger partial charge in [-0.25, -0.2) is 0 Å². The third-order valence-electron chi connectivity index (χ3n) is 6.89. The molecule has 4 aromatic rings. The topological polar surface area (TPSA) is 72.8 Å². The van der Waals surface area contributed by atoms with E-state index in [2.05, 4.69) is 0 Å². The number of benzene rings is 4. The lowest BCUT2D eigenvalue weighted by Gasteiger charge is -2.24. The number of hydrogen-bond acceptors (Lipinski definition) is 4. The quantitative estimate of drug-likeness (QED) is 0.195. The molecule has 5 rings (SSSR count). The number of fused-ring (bicyclic) bond motifs is 1. The molecule has 0 radical (unpaired) electrons. The van der Waals surface area contributed by atoms with Gasteiger partial charge in [0.05, 0.1) is 17.5 Å². The molecular weight excluding hydrogens is 571 g/mol. The van der Waals surface area contributed by atoms with E-state index in [0.717, 1.165) is 16.7 Å². The molecule has 0 saturated carbocycles. The van der Waals surface area contributed by atoms with Gasteiger partial charge in [-0.15, -0.1) is 0 Å². The number of rotatable bonds is 9. The Morgan fingerprint density at radius 2 is 1.68 bits per heavy atom. The summed E-state index contributed by atoms with van der Waals surface area (Å²) < 4.78 is 11.6. The average Bonchev–Trinajstić information content (AvgIpc) is 2.94. The van der Waals surface area contributed by atoms with Crippen molar-refractivity contribution >= 4 is 46.6 Å². The van der Waals surface area contributed by atoms with E-state index in [-0.39, 0.29) is 10.8 Å². The van der Waals surface area contributed by atoms with Crippen molar-refractivity contribution in [2.24, 2.45) is 0 Å². The first-order chi connectivity index (χ1) is 19.3. The molecule has 0 aliphatic carbocycles. The fourth-order valence-corrected chi connectivity index (χ4v) is 5.46. The third kappa shape index (κ3) is 6.28. The number of hydrogen-bond donors (Lipinski definition) is 1. The summed E-state index contributed by atoms with van der Waals surface area (Å²) in [7, 11) is 0. The predicted octanol–water partition coefficient (Wildman–Crippen LogP) is 9.26. The first-order valence-corrected chi connectivity index (χ1v) is 14.0. The van der Waals surface area contributed by atoms with Crippen LogP contribution in [-0.2, 0) is 11.2 Å². The number of carbonyl (C=O) groups is 2. The second-order valence-corrected chi connectivity index (χ2v) is 10.8. The van der Waals surface area contributed by atoms with E-state index in [4.69, 9.17) is 44.3 Å². The molecule has 1 atom stereocenters. The van der Waals surface area contributed by atoms with Crippen molar-refractivity contribution in [3.8, 4) is 28.4 Å². The zero-order valence-electron chi connectivity index (χ0n) is 21.3.